The van der Waals surface area contributed by atoms with Gasteiger partial charge in [-0.3, -0.25) is 14.4 Å². The highest BCUT2D eigenvalue weighted by molar-refractivity contribution is 7.17. The second kappa shape index (κ2) is 8.44. The van der Waals surface area contributed by atoms with E-state index in [2.05, 4.69) is 10.6 Å². The third kappa shape index (κ3) is 4.03. The van der Waals surface area contributed by atoms with Crippen LogP contribution in [0, 0.1) is 18.8 Å². The predicted octanol–water partition coefficient (Wildman–Crippen LogP) is 4.40. The van der Waals surface area contributed by atoms with E-state index in [-0.39, 0.29) is 11.8 Å². The third-order valence-electron chi connectivity index (χ3n) is 5.78. The molecule has 0 radical (unpaired) electrons. The molecular formula is C23H24N2O4S. The fourth-order valence-corrected chi connectivity index (χ4v) is 5.43. The molecule has 2 amide bonds. The van der Waals surface area contributed by atoms with Gasteiger partial charge >= 0.3 is 5.97 Å². The molecule has 0 aliphatic heterocycles. The Bertz CT molecular complexity index is 1020. The number of hydrogen-bond acceptors (Lipinski definition) is 4. The minimum Gasteiger partial charge on any atom is -0.481 e. The van der Waals surface area contributed by atoms with Crippen LogP contribution in [0.1, 0.15) is 45.6 Å². The Morgan fingerprint density at radius 1 is 1.00 bits per heavy atom. The topological polar surface area (TPSA) is 95.5 Å². The largest absolute Gasteiger partial charge is 0.481 e. The van der Waals surface area contributed by atoms with E-state index >= 15 is 0 Å². The molecule has 4 rings (SSSR count). The van der Waals surface area contributed by atoms with Crippen molar-refractivity contribution in [2.24, 2.45) is 11.8 Å². The van der Waals surface area contributed by atoms with Crippen LogP contribution >= 0.6 is 11.3 Å². The summed E-state index contributed by atoms with van der Waals surface area (Å²) >= 11 is 1.43. The van der Waals surface area contributed by atoms with Crippen molar-refractivity contribution in [3.8, 4) is 0 Å². The average Bonchev–Trinajstić information content (AvgIpc) is 3.30. The minimum absolute atomic E-state index is 0.244. The number of anilines is 2. The lowest BCUT2D eigenvalue weighted by Gasteiger charge is -2.24. The molecule has 1 heterocycles. The van der Waals surface area contributed by atoms with Gasteiger partial charge < -0.3 is 15.7 Å². The molecule has 2 aliphatic rings. The molecule has 7 heteroatoms. The van der Waals surface area contributed by atoms with Gasteiger partial charge in [-0.25, -0.2) is 0 Å². The SMILES string of the molecule is Cc1ccc(NC(=O)c2c(NC(=O)C3CC=CCC3C(=O)O)sc3c2CCC3)cc1. The van der Waals surface area contributed by atoms with E-state index in [1.54, 1.807) is 0 Å². The number of thiophene rings is 1. The first-order valence-electron chi connectivity index (χ1n) is 10.1. The number of carbonyl (C=O) groups excluding carboxylic acids is 2. The Morgan fingerprint density at radius 3 is 2.40 bits per heavy atom. The molecule has 1 aromatic heterocycles. The van der Waals surface area contributed by atoms with Crippen LogP contribution in [0.15, 0.2) is 36.4 Å². The van der Waals surface area contributed by atoms with Crippen LogP contribution in [0.2, 0.25) is 0 Å². The van der Waals surface area contributed by atoms with Crippen LogP contribution in [0.25, 0.3) is 0 Å². The van der Waals surface area contributed by atoms with Gasteiger partial charge in [0, 0.05) is 10.6 Å². The van der Waals surface area contributed by atoms with Gasteiger partial charge in [-0.15, -0.1) is 11.3 Å². The van der Waals surface area contributed by atoms with Crippen molar-refractivity contribution < 1.29 is 19.5 Å². The molecule has 2 aliphatic carbocycles. The Hall–Kier alpha value is -2.93. The number of carbonyl (C=O) groups is 3. The molecule has 0 saturated carbocycles. The summed E-state index contributed by atoms with van der Waals surface area (Å²) in [5.41, 5.74) is 3.31. The summed E-state index contributed by atoms with van der Waals surface area (Å²) in [7, 11) is 0. The number of nitrogens with one attached hydrogen (secondary N) is 2. The maximum absolute atomic E-state index is 13.1. The van der Waals surface area contributed by atoms with E-state index in [9.17, 15) is 19.5 Å². The smallest absolute Gasteiger partial charge is 0.307 e. The van der Waals surface area contributed by atoms with Crippen molar-refractivity contribution in [1.82, 2.24) is 0 Å². The van der Waals surface area contributed by atoms with Crippen molar-refractivity contribution in [3.63, 3.8) is 0 Å². The molecule has 2 aromatic rings. The summed E-state index contributed by atoms with van der Waals surface area (Å²) in [6.45, 7) is 1.98. The van der Waals surface area contributed by atoms with E-state index in [1.165, 1.54) is 11.3 Å². The van der Waals surface area contributed by atoms with Crippen molar-refractivity contribution in [1.29, 1.82) is 0 Å². The number of hydrogen-bond donors (Lipinski definition) is 3. The van der Waals surface area contributed by atoms with Crippen LogP contribution < -0.4 is 10.6 Å². The molecule has 1 aromatic carbocycles. The van der Waals surface area contributed by atoms with Gasteiger partial charge in [-0.05, 0) is 56.7 Å². The first kappa shape index (κ1) is 20.3. The van der Waals surface area contributed by atoms with E-state index < -0.39 is 17.8 Å². The maximum atomic E-state index is 13.1. The minimum atomic E-state index is -0.967. The lowest BCUT2D eigenvalue weighted by Crippen LogP contribution is -2.35. The zero-order valence-electron chi connectivity index (χ0n) is 16.7. The molecule has 156 valence electrons. The van der Waals surface area contributed by atoms with Crippen LogP contribution in [-0.4, -0.2) is 22.9 Å². The van der Waals surface area contributed by atoms with E-state index in [0.29, 0.717) is 29.1 Å². The van der Waals surface area contributed by atoms with Gasteiger partial charge in [-0.2, -0.15) is 0 Å². The highest BCUT2D eigenvalue weighted by Gasteiger charge is 2.35. The number of allylic oxidation sites excluding steroid dienone is 2. The first-order valence-corrected chi connectivity index (χ1v) is 11.0. The molecule has 0 spiro atoms. The van der Waals surface area contributed by atoms with Crippen molar-refractivity contribution in [2.45, 2.75) is 39.0 Å². The molecular weight excluding hydrogens is 400 g/mol. The zero-order chi connectivity index (χ0) is 21.3. The highest BCUT2D eigenvalue weighted by atomic mass is 32.1. The molecule has 2 atom stereocenters. The third-order valence-corrected chi connectivity index (χ3v) is 6.99. The summed E-state index contributed by atoms with van der Waals surface area (Å²) in [6.07, 6.45) is 7.08. The number of fused-ring (bicyclic) bond motifs is 1. The fourth-order valence-electron chi connectivity index (χ4n) is 4.14. The summed E-state index contributed by atoms with van der Waals surface area (Å²) in [4.78, 5) is 38.7. The predicted molar refractivity (Wildman–Crippen MR) is 117 cm³/mol. The first-order chi connectivity index (χ1) is 14.4. The summed E-state index contributed by atoms with van der Waals surface area (Å²) in [6, 6.07) is 7.56. The number of benzene rings is 1. The highest BCUT2D eigenvalue weighted by Crippen LogP contribution is 2.40. The van der Waals surface area contributed by atoms with Crippen LogP contribution in [-0.2, 0) is 22.4 Å². The van der Waals surface area contributed by atoms with Crippen molar-refractivity contribution in [2.75, 3.05) is 10.6 Å². The van der Waals surface area contributed by atoms with Gasteiger partial charge in [0.05, 0.1) is 17.4 Å². The molecule has 2 unspecified atom stereocenters. The zero-order valence-corrected chi connectivity index (χ0v) is 17.6. The van der Waals surface area contributed by atoms with E-state index in [0.717, 1.165) is 35.3 Å². The molecule has 6 nitrogen and oxygen atoms in total. The van der Waals surface area contributed by atoms with Gasteiger partial charge in [0.1, 0.15) is 5.00 Å². The average molecular weight is 425 g/mol. The van der Waals surface area contributed by atoms with Gasteiger partial charge in [0.15, 0.2) is 0 Å². The maximum Gasteiger partial charge on any atom is 0.307 e. The monoisotopic (exact) mass is 424 g/mol. The number of carboxylic acid groups (broad SMARTS) is 1. The lowest BCUT2D eigenvalue weighted by atomic mass is 9.82. The summed E-state index contributed by atoms with van der Waals surface area (Å²) < 4.78 is 0. The Labute approximate surface area is 179 Å². The number of aryl methyl sites for hydroxylation is 2. The quantitative estimate of drug-likeness (QED) is 0.620. The Kier molecular flexibility index (Phi) is 5.72. The van der Waals surface area contributed by atoms with Crippen LogP contribution in [0.3, 0.4) is 0 Å². The lowest BCUT2D eigenvalue weighted by molar-refractivity contribution is -0.146. The van der Waals surface area contributed by atoms with Crippen molar-refractivity contribution >= 4 is 39.8 Å². The molecule has 0 bridgehead atoms. The van der Waals surface area contributed by atoms with Gasteiger partial charge in [0.2, 0.25) is 5.91 Å². The Morgan fingerprint density at radius 2 is 1.70 bits per heavy atom. The van der Waals surface area contributed by atoms with Gasteiger partial charge in [-0.1, -0.05) is 29.8 Å². The number of aliphatic carboxylic acids is 1. The van der Waals surface area contributed by atoms with Gasteiger partial charge in [0.25, 0.3) is 5.91 Å². The summed E-state index contributed by atoms with van der Waals surface area (Å²) in [5, 5.41) is 15.8. The second-order valence-electron chi connectivity index (χ2n) is 7.86. The molecule has 0 saturated heterocycles. The Balaban J connectivity index is 1.59. The van der Waals surface area contributed by atoms with Crippen molar-refractivity contribution in [3.05, 3.63) is 58.0 Å². The second-order valence-corrected chi connectivity index (χ2v) is 8.97. The number of amides is 2. The fraction of sp³-hybridized carbons (Fsp3) is 0.348. The normalized spacial score (nSPS) is 19.9. The standard InChI is InChI=1S/C23H24N2O4S/c1-13-9-11-14(12-10-13)24-21(27)19-17-7-4-8-18(17)30-22(19)25-20(26)15-5-2-3-6-16(15)23(28)29/h2-3,9-12,15-16H,4-8H2,1H3,(H,24,27)(H,25,26)(H,28,29). The van der Waals surface area contributed by atoms with E-state index in [1.807, 2.05) is 43.3 Å². The molecule has 3 N–H and O–H groups in total. The number of rotatable bonds is 5. The number of carboxylic acids is 1. The molecule has 0 fully saturated rings. The van der Waals surface area contributed by atoms with E-state index in [4.69, 9.17) is 0 Å². The molecule has 30 heavy (non-hydrogen) atoms. The summed E-state index contributed by atoms with van der Waals surface area (Å²) in [5.74, 6) is -2.93. The van der Waals surface area contributed by atoms with Crippen LogP contribution in [0.4, 0.5) is 10.7 Å². The van der Waals surface area contributed by atoms with Crippen LogP contribution in [0.5, 0.6) is 0 Å².